The molecule has 1 unspecified atom stereocenters. The maximum absolute atomic E-state index is 6.29. The third kappa shape index (κ3) is 3.94. The Morgan fingerprint density at radius 3 is 2.12 bits per heavy atom. The van der Waals surface area contributed by atoms with Gasteiger partial charge in [-0.2, -0.15) is 0 Å². The van der Waals surface area contributed by atoms with Gasteiger partial charge in [0.05, 0.1) is 0 Å². The van der Waals surface area contributed by atoms with Gasteiger partial charge in [0.1, 0.15) is 0 Å². The van der Waals surface area contributed by atoms with Crippen LogP contribution in [-0.2, 0) is 0 Å². The van der Waals surface area contributed by atoms with E-state index < -0.39 is 0 Å². The van der Waals surface area contributed by atoms with Crippen molar-refractivity contribution in [2.75, 3.05) is 0 Å². The number of allylic oxidation sites excluding steroid dienone is 1. The molecule has 0 fully saturated rings. The molecule has 3 rings (SSSR count). The fraction of sp³-hybridized carbons (Fsp3) is 0.130. The van der Waals surface area contributed by atoms with Gasteiger partial charge >= 0.3 is 0 Å². The van der Waals surface area contributed by atoms with Gasteiger partial charge in [-0.05, 0) is 40.7 Å². The average Bonchev–Trinajstić information content (AvgIpc) is 2.63. The van der Waals surface area contributed by atoms with Crippen molar-refractivity contribution in [2.24, 2.45) is 5.73 Å². The van der Waals surface area contributed by atoms with Gasteiger partial charge in [-0.1, -0.05) is 91.9 Å². The number of hydrogen-bond acceptors (Lipinski definition) is 1. The third-order valence-electron chi connectivity index (χ3n) is 4.27. The topological polar surface area (TPSA) is 26.0 Å². The van der Waals surface area contributed by atoms with Crippen LogP contribution in [0.25, 0.3) is 17.2 Å². The Morgan fingerprint density at radius 1 is 0.833 bits per heavy atom. The lowest BCUT2D eigenvalue weighted by Crippen LogP contribution is -2.04. The van der Waals surface area contributed by atoms with Crippen LogP contribution in [0.2, 0.25) is 0 Å². The van der Waals surface area contributed by atoms with E-state index in [1.807, 2.05) is 18.2 Å². The van der Waals surface area contributed by atoms with Crippen LogP contribution >= 0.6 is 0 Å². The summed E-state index contributed by atoms with van der Waals surface area (Å²) in [5.74, 6) is 0.362. The standard InChI is InChI=1S/C23H23N/c1-18(16-21(24)17-19-10-4-2-5-11-19)22-14-8-9-15-23(22)20-12-6-3-7-13-20/h2-15,17-18H,16,24H2,1H3. The second kappa shape index (κ2) is 7.65. The summed E-state index contributed by atoms with van der Waals surface area (Å²) in [5, 5.41) is 0. The van der Waals surface area contributed by atoms with Crippen molar-refractivity contribution in [3.05, 3.63) is 102 Å². The van der Waals surface area contributed by atoms with Crippen molar-refractivity contribution in [1.82, 2.24) is 0 Å². The van der Waals surface area contributed by atoms with Gasteiger partial charge in [-0.25, -0.2) is 0 Å². The van der Waals surface area contributed by atoms with Crippen LogP contribution in [0.5, 0.6) is 0 Å². The van der Waals surface area contributed by atoms with Crippen molar-refractivity contribution in [1.29, 1.82) is 0 Å². The Bertz CT molecular complexity index is 804. The first-order valence-corrected chi connectivity index (χ1v) is 8.39. The monoisotopic (exact) mass is 313 g/mol. The molecular formula is C23H23N. The molecule has 0 spiro atoms. The predicted octanol–water partition coefficient (Wildman–Crippen LogP) is 5.85. The van der Waals surface area contributed by atoms with E-state index in [4.69, 9.17) is 5.73 Å². The molecule has 3 aromatic rings. The van der Waals surface area contributed by atoms with Crippen molar-refractivity contribution >= 4 is 6.08 Å². The SMILES string of the molecule is CC(CC(N)=Cc1ccccc1)c1ccccc1-c1ccccc1. The summed E-state index contributed by atoms with van der Waals surface area (Å²) in [6.07, 6.45) is 2.92. The summed E-state index contributed by atoms with van der Waals surface area (Å²) in [7, 11) is 0. The molecule has 0 aromatic heterocycles. The molecule has 0 aliphatic heterocycles. The normalized spacial score (nSPS) is 12.8. The molecule has 0 saturated heterocycles. The van der Waals surface area contributed by atoms with Crippen LogP contribution in [0.15, 0.2) is 90.6 Å². The van der Waals surface area contributed by atoms with Gasteiger partial charge in [-0.15, -0.1) is 0 Å². The zero-order chi connectivity index (χ0) is 16.8. The van der Waals surface area contributed by atoms with Gasteiger partial charge < -0.3 is 5.73 Å². The highest BCUT2D eigenvalue weighted by Crippen LogP contribution is 2.32. The molecule has 1 nitrogen and oxygen atoms in total. The van der Waals surface area contributed by atoms with Crippen LogP contribution in [0.3, 0.4) is 0 Å². The van der Waals surface area contributed by atoms with Gasteiger partial charge in [0.25, 0.3) is 0 Å². The van der Waals surface area contributed by atoms with Gasteiger partial charge in [0.15, 0.2) is 0 Å². The number of benzene rings is 3. The molecule has 24 heavy (non-hydrogen) atoms. The lowest BCUT2D eigenvalue weighted by molar-refractivity contribution is 0.750. The van der Waals surface area contributed by atoms with Crippen LogP contribution in [-0.4, -0.2) is 0 Å². The summed E-state index contributed by atoms with van der Waals surface area (Å²) in [4.78, 5) is 0. The van der Waals surface area contributed by atoms with Crippen LogP contribution in [0, 0.1) is 0 Å². The molecule has 0 saturated carbocycles. The summed E-state index contributed by atoms with van der Waals surface area (Å²) in [5.41, 5.74) is 12.2. The molecule has 1 atom stereocenters. The Labute approximate surface area is 144 Å². The minimum absolute atomic E-state index is 0.362. The summed E-state index contributed by atoms with van der Waals surface area (Å²) < 4.78 is 0. The molecule has 0 radical (unpaired) electrons. The first-order valence-electron chi connectivity index (χ1n) is 8.39. The highest BCUT2D eigenvalue weighted by Gasteiger charge is 2.12. The fourth-order valence-electron chi connectivity index (χ4n) is 3.09. The molecule has 1 heteroatoms. The van der Waals surface area contributed by atoms with Crippen molar-refractivity contribution in [3.8, 4) is 11.1 Å². The Morgan fingerprint density at radius 2 is 1.42 bits per heavy atom. The molecule has 0 aliphatic carbocycles. The smallest absolute Gasteiger partial charge is 0.00925 e. The maximum atomic E-state index is 6.29. The van der Waals surface area contributed by atoms with Gasteiger partial charge in [0, 0.05) is 5.70 Å². The van der Waals surface area contributed by atoms with Crippen LogP contribution in [0.1, 0.15) is 30.4 Å². The molecule has 0 aliphatic rings. The summed E-state index contributed by atoms with van der Waals surface area (Å²) in [6.45, 7) is 2.24. The van der Waals surface area contributed by atoms with E-state index in [9.17, 15) is 0 Å². The first kappa shape index (κ1) is 16.1. The minimum Gasteiger partial charge on any atom is -0.402 e. The largest absolute Gasteiger partial charge is 0.402 e. The molecule has 2 N–H and O–H groups in total. The van der Waals surface area contributed by atoms with Crippen LogP contribution in [0.4, 0.5) is 0 Å². The Kier molecular flexibility index (Phi) is 5.12. The minimum atomic E-state index is 0.362. The highest BCUT2D eigenvalue weighted by atomic mass is 14.6. The zero-order valence-electron chi connectivity index (χ0n) is 14.0. The molecule has 0 amide bonds. The molecule has 120 valence electrons. The fourth-order valence-corrected chi connectivity index (χ4v) is 3.09. The lowest BCUT2D eigenvalue weighted by Gasteiger charge is -2.17. The number of nitrogens with two attached hydrogens (primary N) is 1. The Hall–Kier alpha value is -2.80. The number of rotatable bonds is 5. The van der Waals surface area contributed by atoms with E-state index in [2.05, 4.69) is 79.7 Å². The van der Waals surface area contributed by atoms with E-state index in [1.54, 1.807) is 0 Å². The van der Waals surface area contributed by atoms with Gasteiger partial charge in [-0.3, -0.25) is 0 Å². The third-order valence-corrected chi connectivity index (χ3v) is 4.27. The van der Waals surface area contributed by atoms with E-state index >= 15 is 0 Å². The van der Waals surface area contributed by atoms with Crippen molar-refractivity contribution in [2.45, 2.75) is 19.3 Å². The average molecular weight is 313 g/mol. The van der Waals surface area contributed by atoms with E-state index in [-0.39, 0.29) is 0 Å². The van der Waals surface area contributed by atoms with Crippen LogP contribution < -0.4 is 5.73 Å². The quantitative estimate of drug-likeness (QED) is 0.628. The summed E-state index contributed by atoms with van der Waals surface area (Å²) >= 11 is 0. The van der Waals surface area contributed by atoms with E-state index in [1.165, 1.54) is 16.7 Å². The second-order valence-electron chi connectivity index (χ2n) is 6.19. The summed E-state index contributed by atoms with van der Waals surface area (Å²) in [6, 6.07) is 29.4. The maximum Gasteiger partial charge on any atom is 0.00925 e. The predicted molar refractivity (Wildman–Crippen MR) is 104 cm³/mol. The zero-order valence-corrected chi connectivity index (χ0v) is 14.0. The van der Waals surface area contributed by atoms with Gasteiger partial charge in [0.2, 0.25) is 0 Å². The Balaban J connectivity index is 1.83. The van der Waals surface area contributed by atoms with E-state index in [0.29, 0.717) is 5.92 Å². The number of hydrogen-bond donors (Lipinski definition) is 1. The second-order valence-corrected chi connectivity index (χ2v) is 6.19. The molecule has 3 aromatic carbocycles. The molecule has 0 heterocycles. The lowest BCUT2D eigenvalue weighted by atomic mass is 9.89. The van der Waals surface area contributed by atoms with Crippen molar-refractivity contribution < 1.29 is 0 Å². The molecular weight excluding hydrogens is 290 g/mol. The van der Waals surface area contributed by atoms with E-state index in [0.717, 1.165) is 17.7 Å². The highest BCUT2D eigenvalue weighted by molar-refractivity contribution is 5.68. The first-order chi connectivity index (χ1) is 11.7. The molecule has 0 bridgehead atoms. The van der Waals surface area contributed by atoms with Crippen molar-refractivity contribution in [3.63, 3.8) is 0 Å².